The maximum absolute atomic E-state index is 12.8. The fraction of sp³-hybridized carbons (Fsp3) is 0.259. The van der Waals surface area contributed by atoms with Gasteiger partial charge in [-0.15, -0.1) is 0 Å². The molecule has 0 unspecified atom stereocenters. The average molecular weight is 470 g/mol. The SMILES string of the molecule is COc1cc([C@H]2CC(=O)Nc3c2c(C)nn3-c2nc(C)cc(C)n2)ccc1OCc1ccccc1. The molecule has 0 bridgehead atoms. The minimum atomic E-state index is -0.185. The lowest BCUT2D eigenvalue weighted by Crippen LogP contribution is -2.25. The highest BCUT2D eigenvalue weighted by Gasteiger charge is 2.33. The van der Waals surface area contributed by atoms with E-state index in [0.717, 1.165) is 33.8 Å². The van der Waals surface area contributed by atoms with Crippen molar-refractivity contribution in [3.63, 3.8) is 0 Å². The van der Waals surface area contributed by atoms with Crippen LogP contribution in [0.5, 0.6) is 11.5 Å². The van der Waals surface area contributed by atoms with Crippen LogP contribution >= 0.6 is 0 Å². The molecule has 1 amide bonds. The molecule has 1 atom stereocenters. The van der Waals surface area contributed by atoms with Gasteiger partial charge in [-0.05, 0) is 50.1 Å². The third-order valence-corrected chi connectivity index (χ3v) is 6.09. The molecule has 1 aliphatic rings. The minimum Gasteiger partial charge on any atom is -0.493 e. The predicted molar refractivity (Wildman–Crippen MR) is 132 cm³/mol. The van der Waals surface area contributed by atoms with Crippen molar-refractivity contribution in [3.8, 4) is 17.4 Å². The maximum atomic E-state index is 12.8. The van der Waals surface area contributed by atoms with Gasteiger partial charge in [-0.25, -0.2) is 9.97 Å². The van der Waals surface area contributed by atoms with E-state index in [1.54, 1.807) is 11.8 Å². The number of aromatic nitrogens is 4. The predicted octanol–water partition coefficient (Wildman–Crippen LogP) is 4.65. The molecule has 178 valence electrons. The quantitative estimate of drug-likeness (QED) is 0.442. The lowest BCUT2D eigenvalue weighted by atomic mass is 9.85. The van der Waals surface area contributed by atoms with Gasteiger partial charge in [0.05, 0.1) is 12.8 Å². The number of carbonyl (C=O) groups is 1. The molecule has 0 spiro atoms. The Morgan fingerprint density at radius 2 is 1.74 bits per heavy atom. The monoisotopic (exact) mass is 469 g/mol. The summed E-state index contributed by atoms with van der Waals surface area (Å²) in [6.07, 6.45) is 0.306. The highest BCUT2D eigenvalue weighted by Crippen LogP contribution is 2.42. The summed E-state index contributed by atoms with van der Waals surface area (Å²) in [7, 11) is 1.62. The zero-order valence-corrected chi connectivity index (χ0v) is 20.2. The van der Waals surface area contributed by atoms with Gasteiger partial charge in [0.1, 0.15) is 12.4 Å². The minimum absolute atomic E-state index is 0.0867. The first kappa shape index (κ1) is 22.6. The largest absolute Gasteiger partial charge is 0.493 e. The van der Waals surface area contributed by atoms with Crippen LogP contribution in [0.25, 0.3) is 5.95 Å². The van der Waals surface area contributed by atoms with Crippen LogP contribution in [-0.4, -0.2) is 32.8 Å². The van der Waals surface area contributed by atoms with E-state index in [4.69, 9.17) is 14.6 Å². The van der Waals surface area contributed by atoms with Gasteiger partial charge in [0.2, 0.25) is 5.91 Å². The van der Waals surface area contributed by atoms with Crippen molar-refractivity contribution in [2.45, 2.75) is 39.7 Å². The number of carbonyl (C=O) groups excluding carboxylic acids is 1. The first-order valence-electron chi connectivity index (χ1n) is 11.5. The summed E-state index contributed by atoms with van der Waals surface area (Å²) in [5.41, 5.74) is 5.47. The number of hydrogen-bond donors (Lipinski definition) is 1. The molecule has 0 aliphatic carbocycles. The Bertz CT molecular complexity index is 1380. The van der Waals surface area contributed by atoms with Crippen molar-refractivity contribution >= 4 is 11.7 Å². The summed E-state index contributed by atoms with van der Waals surface area (Å²) in [6.45, 7) is 6.21. The first-order valence-corrected chi connectivity index (χ1v) is 11.5. The van der Waals surface area contributed by atoms with Gasteiger partial charge in [0.15, 0.2) is 11.5 Å². The van der Waals surface area contributed by atoms with Crippen molar-refractivity contribution in [2.75, 3.05) is 12.4 Å². The second-order valence-electron chi connectivity index (χ2n) is 8.70. The van der Waals surface area contributed by atoms with Crippen LogP contribution in [-0.2, 0) is 11.4 Å². The van der Waals surface area contributed by atoms with Crippen LogP contribution in [0.1, 0.15) is 46.1 Å². The number of benzene rings is 2. The number of amides is 1. The van der Waals surface area contributed by atoms with E-state index in [9.17, 15) is 4.79 Å². The molecule has 4 aromatic rings. The summed E-state index contributed by atoms with van der Waals surface area (Å²) in [6, 6.07) is 17.7. The number of rotatable bonds is 6. The molecule has 35 heavy (non-hydrogen) atoms. The van der Waals surface area contributed by atoms with Gasteiger partial charge >= 0.3 is 0 Å². The van der Waals surface area contributed by atoms with Crippen LogP contribution in [0, 0.1) is 20.8 Å². The van der Waals surface area contributed by atoms with Crippen LogP contribution in [0.2, 0.25) is 0 Å². The molecule has 8 heteroatoms. The molecule has 0 fully saturated rings. The fourth-order valence-corrected chi connectivity index (χ4v) is 4.53. The molecule has 1 N–H and O–H groups in total. The second kappa shape index (κ2) is 9.21. The van der Waals surface area contributed by atoms with Crippen LogP contribution in [0.15, 0.2) is 54.6 Å². The van der Waals surface area contributed by atoms with E-state index >= 15 is 0 Å². The van der Waals surface area contributed by atoms with E-state index in [-0.39, 0.29) is 11.8 Å². The van der Waals surface area contributed by atoms with E-state index in [0.29, 0.717) is 36.3 Å². The molecule has 0 radical (unpaired) electrons. The van der Waals surface area contributed by atoms with Crippen molar-refractivity contribution in [2.24, 2.45) is 0 Å². The Hall–Kier alpha value is -4.20. The van der Waals surface area contributed by atoms with Gasteiger partial charge < -0.3 is 14.8 Å². The molecule has 2 aromatic carbocycles. The fourth-order valence-electron chi connectivity index (χ4n) is 4.53. The standard InChI is InChI=1S/C27H27N5O3/c1-16-12-17(2)29-27(28-16)32-26-25(18(3)31-32)21(14-24(33)30-26)20-10-11-22(23(13-20)34-4)35-15-19-8-6-5-7-9-19/h5-13,21H,14-15H2,1-4H3,(H,30,33)/t21-/m1/s1. The number of fused-ring (bicyclic) bond motifs is 1. The molecule has 5 rings (SSSR count). The Morgan fingerprint density at radius 3 is 2.46 bits per heavy atom. The van der Waals surface area contributed by atoms with Crippen LogP contribution in [0.4, 0.5) is 5.82 Å². The number of aryl methyl sites for hydroxylation is 3. The Labute approximate surface area is 204 Å². The third-order valence-electron chi connectivity index (χ3n) is 6.09. The smallest absolute Gasteiger partial charge is 0.252 e. The lowest BCUT2D eigenvalue weighted by molar-refractivity contribution is -0.116. The Balaban J connectivity index is 1.50. The van der Waals surface area contributed by atoms with Crippen LogP contribution < -0.4 is 14.8 Å². The van der Waals surface area contributed by atoms with Gasteiger partial charge in [-0.3, -0.25) is 4.79 Å². The number of anilines is 1. The van der Waals surface area contributed by atoms with Crippen molar-refractivity contribution in [3.05, 3.63) is 88.4 Å². The zero-order valence-electron chi connectivity index (χ0n) is 20.2. The maximum Gasteiger partial charge on any atom is 0.252 e. The van der Waals surface area contributed by atoms with Crippen molar-refractivity contribution < 1.29 is 14.3 Å². The Kier molecular flexibility index (Phi) is 5.94. The molecule has 0 saturated carbocycles. The van der Waals surface area contributed by atoms with Gasteiger partial charge in [0.25, 0.3) is 5.95 Å². The highest BCUT2D eigenvalue weighted by atomic mass is 16.5. The van der Waals surface area contributed by atoms with Crippen molar-refractivity contribution in [1.29, 1.82) is 0 Å². The average Bonchev–Trinajstić information content (AvgIpc) is 3.18. The molecule has 3 heterocycles. The summed E-state index contributed by atoms with van der Waals surface area (Å²) in [5, 5.41) is 7.69. The number of methoxy groups -OCH3 is 1. The van der Waals surface area contributed by atoms with E-state index < -0.39 is 0 Å². The highest BCUT2D eigenvalue weighted by molar-refractivity contribution is 5.95. The van der Waals surface area contributed by atoms with Gasteiger partial charge in [0, 0.05) is 29.3 Å². The van der Waals surface area contributed by atoms with Crippen LogP contribution in [0.3, 0.4) is 0 Å². The molecular weight excluding hydrogens is 442 g/mol. The number of ether oxygens (including phenoxy) is 2. The second-order valence-corrected chi connectivity index (χ2v) is 8.70. The lowest BCUT2D eigenvalue weighted by Gasteiger charge is -2.25. The summed E-state index contributed by atoms with van der Waals surface area (Å²) >= 11 is 0. The zero-order chi connectivity index (χ0) is 24.5. The van der Waals surface area contributed by atoms with E-state index in [1.807, 2.05) is 75.4 Å². The summed E-state index contributed by atoms with van der Waals surface area (Å²) in [5.74, 6) is 2.05. The van der Waals surface area contributed by atoms with E-state index in [2.05, 4.69) is 15.3 Å². The molecule has 8 nitrogen and oxygen atoms in total. The van der Waals surface area contributed by atoms with Gasteiger partial charge in [-0.2, -0.15) is 9.78 Å². The third kappa shape index (κ3) is 4.47. The number of nitrogens with zero attached hydrogens (tertiary/aromatic N) is 4. The summed E-state index contributed by atoms with van der Waals surface area (Å²) in [4.78, 5) is 21.8. The number of nitrogens with one attached hydrogen (secondary N) is 1. The molecule has 2 aromatic heterocycles. The topological polar surface area (TPSA) is 91.2 Å². The first-order chi connectivity index (χ1) is 16.9. The van der Waals surface area contributed by atoms with Gasteiger partial charge in [-0.1, -0.05) is 36.4 Å². The molecule has 0 saturated heterocycles. The normalized spacial score (nSPS) is 14.9. The number of hydrogen-bond acceptors (Lipinski definition) is 6. The molecule has 1 aliphatic heterocycles. The summed E-state index contributed by atoms with van der Waals surface area (Å²) < 4.78 is 13.3. The molecular formula is C27H27N5O3. The Morgan fingerprint density at radius 1 is 1.00 bits per heavy atom. The van der Waals surface area contributed by atoms with Crippen molar-refractivity contribution in [1.82, 2.24) is 19.7 Å². The van der Waals surface area contributed by atoms with E-state index in [1.165, 1.54) is 0 Å².